The number of hydrogen-bond acceptors (Lipinski definition) is 5. The smallest absolute Gasteiger partial charge is 0.242 e. The van der Waals surface area contributed by atoms with E-state index in [1.807, 2.05) is 12.3 Å². The van der Waals surface area contributed by atoms with Crippen LogP contribution in [0.15, 0.2) is 29.2 Å². The van der Waals surface area contributed by atoms with Gasteiger partial charge in [0.25, 0.3) is 0 Å². The Morgan fingerprint density at radius 2 is 2.05 bits per heavy atom. The van der Waals surface area contributed by atoms with E-state index < -0.39 is 10.0 Å². The van der Waals surface area contributed by atoms with Crippen molar-refractivity contribution in [3.05, 3.63) is 29.8 Å². The monoisotopic (exact) mass is 276 g/mol. The number of nitrogens with zero attached hydrogens (tertiary/aromatic N) is 3. The Morgan fingerprint density at radius 1 is 1.32 bits per heavy atom. The Morgan fingerprint density at radius 3 is 2.68 bits per heavy atom. The van der Waals surface area contributed by atoms with Crippen molar-refractivity contribution in [3.63, 3.8) is 0 Å². The molecule has 1 N–H and O–H groups in total. The van der Waals surface area contributed by atoms with Gasteiger partial charge in [-0.2, -0.15) is 10.5 Å². The summed E-state index contributed by atoms with van der Waals surface area (Å²) in [4.78, 5) is 1.48. The minimum Gasteiger partial charge on any atom is -0.309 e. The predicted octanol–water partition coefficient (Wildman–Crippen LogP) is 0.392. The van der Waals surface area contributed by atoms with Crippen molar-refractivity contribution < 1.29 is 8.42 Å². The lowest BCUT2D eigenvalue weighted by atomic mass is 10.2. The summed E-state index contributed by atoms with van der Waals surface area (Å²) in [5.74, 6) is 0. The first-order chi connectivity index (χ1) is 9.06. The number of likely N-dealkylation sites (tertiary alicyclic amines) is 1. The van der Waals surface area contributed by atoms with Crippen LogP contribution < -0.4 is 4.72 Å². The molecular weight excluding hydrogens is 264 g/mol. The van der Waals surface area contributed by atoms with E-state index in [0.717, 1.165) is 0 Å². The number of benzene rings is 1. The van der Waals surface area contributed by atoms with E-state index in [9.17, 15) is 8.42 Å². The zero-order valence-electron chi connectivity index (χ0n) is 10.1. The highest BCUT2D eigenvalue weighted by Gasteiger charge is 2.27. The molecule has 7 heteroatoms. The van der Waals surface area contributed by atoms with E-state index in [0.29, 0.717) is 19.5 Å². The number of nitrogens with one attached hydrogen (secondary N) is 1. The van der Waals surface area contributed by atoms with Crippen LogP contribution in [-0.4, -0.2) is 32.4 Å². The van der Waals surface area contributed by atoms with Crippen LogP contribution in [0.5, 0.6) is 0 Å². The molecular formula is C12H12N4O2S. The molecule has 0 radical (unpaired) electrons. The second kappa shape index (κ2) is 5.27. The molecule has 1 aliphatic rings. The second-order valence-corrected chi connectivity index (χ2v) is 5.94. The normalized spacial score (nSPS) is 18.8. The van der Waals surface area contributed by atoms with Crippen LogP contribution >= 0.6 is 0 Å². The number of hydrogen-bond donors (Lipinski definition) is 1. The van der Waals surface area contributed by atoms with Crippen LogP contribution in [0.25, 0.3) is 0 Å². The van der Waals surface area contributed by atoms with Crippen molar-refractivity contribution in [1.82, 2.24) is 9.62 Å². The molecule has 1 aromatic carbocycles. The maximum Gasteiger partial charge on any atom is 0.242 e. The molecule has 19 heavy (non-hydrogen) atoms. The topological polar surface area (TPSA) is 97.0 Å². The highest BCUT2D eigenvalue weighted by atomic mass is 32.2. The number of sulfonamides is 1. The number of nitriles is 2. The van der Waals surface area contributed by atoms with Gasteiger partial charge < -0.3 is 4.90 Å². The maximum atomic E-state index is 12.2. The van der Waals surface area contributed by atoms with E-state index in [1.54, 1.807) is 12.1 Å². The third-order valence-electron chi connectivity index (χ3n) is 2.95. The predicted molar refractivity (Wildman–Crippen MR) is 67.1 cm³/mol. The van der Waals surface area contributed by atoms with Crippen LogP contribution in [0.3, 0.4) is 0 Å². The molecule has 1 saturated heterocycles. The van der Waals surface area contributed by atoms with Crippen molar-refractivity contribution in [2.75, 3.05) is 13.1 Å². The van der Waals surface area contributed by atoms with Gasteiger partial charge in [-0.15, -0.1) is 0 Å². The van der Waals surface area contributed by atoms with E-state index in [-0.39, 0.29) is 16.5 Å². The molecule has 2 rings (SSSR count). The molecule has 1 fully saturated rings. The van der Waals surface area contributed by atoms with Crippen LogP contribution in [0, 0.1) is 22.8 Å². The first-order valence-electron chi connectivity index (χ1n) is 5.73. The first-order valence-corrected chi connectivity index (χ1v) is 7.21. The SMILES string of the molecule is N#Cc1ccccc1S(=O)(=O)N[C@@H]1CCN(C#N)C1. The minimum absolute atomic E-state index is 0.0205. The van der Waals surface area contributed by atoms with Crippen LogP contribution in [0.2, 0.25) is 0 Å². The number of rotatable bonds is 3. The van der Waals surface area contributed by atoms with Gasteiger partial charge in [0.05, 0.1) is 10.5 Å². The molecule has 0 saturated carbocycles. The molecule has 98 valence electrons. The van der Waals surface area contributed by atoms with Gasteiger partial charge >= 0.3 is 0 Å². The van der Waals surface area contributed by atoms with Crippen molar-refractivity contribution >= 4 is 10.0 Å². The standard InChI is InChI=1S/C12H12N4O2S/c13-7-10-3-1-2-4-12(10)19(17,18)15-11-5-6-16(8-11)9-14/h1-4,11,15H,5-6,8H2/t11-/m1/s1. The fraction of sp³-hybridized carbons (Fsp3) is 0.333. The molecule has 0 amide bonds. The molecule has 1 aliphatic heterocycles. The molecule has 0 aromatic heterocycles. The molecule has 0 aliphatic carbocycles. The summed E-state index contributed by atoms with van der Waals surface area (Å²) in [6, 6.07) is 7.62. The molecule has 0 bridgehead atoms. The zero-order chi connectivity index (χ0) is 13.9. The van der Waals surface area contributed by atoms with E-state index in [2.05, 4.69) is 4.72 Å². The van der Waals surface area contributed by atoms with Crippen LogP contribution in [-0.2, 0) is 10.0 Å². The largest absolute Gasteiger partial charge is 0.309 e. The summed E-state index contributed by atoms with van der Waals surface area (Å²) in [5, 5.41) is 17.7. The van der Waals surface area contributed by atoms with Gasteiger partial charge in [-0.1, -0.05) is 12.1 Å². The van der Waals surface area contributed by atoms with Crippen molar-refractivity contribution in [3.8, 4) is 12.3 Å². The average molecular weight is 276 g/mol. The lowest BCUT2D eigenvalue weighted by molar-refractivity contribution is 0.470. The van der Waals surface area contributed by atoms with E-state index in [4.69, 9.17) is 10.5 Å². The fourth-order valence-electron chi connectivity index (χ4n) is 2.02. The van der Waals surface area contributed by atoms with Gasteiger partial charge in [0.15, 0.2) is 6.19 Å². The Hall–Kier alpha value is -2.09. The molecule has 1 heterocycles. The fourth-order valence-corrected chi connectivity index (χ4v) is 3.44. The Labute approximate surface area is 111 Å². The Bertz CT molecular complexity index is 657. The van der Waals surface area contributed by atoms with Gasteiger partial charge in [-0.3, -0.25) is 0 Å². The summed E-state index contributed by atoms with van der Waals surface area (Å²) in [7, 11) is -3.73. The molecule has 1 atom stereocenters. The molecule has 0 spiro atoms. The highest BCUT2D eigenvalue weighted by Crippen LogP contribution is 2.17. The van der Waals surface area contributed by atoms with Crippen LogP contribution in [0.4, 0.5) is 0 Å². The second-order valence-electron chi connectivity index (χ2n) is 4.26. The summed E-state index contributed by atoms with van der Waals surface area (Å²) < 4.78 is 26.9. The van der Waals surface area contributed by atoms with E-state index >= 15 is 0 Å². The van der Waals surface area contributed by atoms with Gasteiger partial charge in [0, 0.05) is 19.1 Å². The minimum atomic E-state index is -3.73. The summed E-state index contributed by atoms with van der Waals surface area (Å²) in [5.41, 5.74) is 0.116. The summed E-state index contributed by atoms with van der Waals surface area (Å²) in [6.45, 7) is 0.911. The lowest BCUT2D eigenvalue weighted by Crippen LogP contribution is -2.36. The quantitative estimate of drug-likeness (QED) is 0.805. The summed E-state index contributed by atoms with van der Waals surface area (Å²) >= 11 is 0. The van der Waals surface area contributed by atoms with Crippen molar-refractivity contribution in [1.29, 1.82) is 10.5 Å². The lowest BCUT2D eigenvalue weighted by Gasteiger charge is -2.13. The maximum absolute atomic E-state index is 12.2. The first kappa shape index (κ1) is 13.3. The third kappa shape index (κ3) is 2.84. The van der Waals surface area contributed by atoms with Crippen molar-refractivity contribution in [2.24, 2.45) is 0 Å². The summed E-state index contributed by atoms with van der Waals surface area (Å²) in [6.07, 6.45) is 2.57. The molecule has 0 unspecified atom stereocenters. The third-order valence-corrected chi connectivity index (χ3v) is 4.53. The van der Waals surface area contributed by atoms with Gasteiger partial charge in [0.1, 0.15) is 6.07 Å². The Kier molecular flexibility index (Phi) is 3.70. The molecule has 1 aromatic rings. The van der Waals surface area contributed by atoms with Crippen LogP contribution in [0.1, 0.15) is 12.0 Å². The molecule has 6 nitrogen and oxygen atoms in total. The Balaban J connectivity index is 2.20. The van der Waals surface area contributed by atoms with Gasteiger partial charge in [-0.25, -0.2) is 13.1 Å². The van der Waals surface area contributed by atoms with Gasteiger partial charge in [0.2, 0.25) is 10.0 Å². The zero-order valence-corrected chi connectivity index (χ0v) is 10.9. The highest BCUT2D eigenvalue weighted by molar-refractivity contribution is 7.89. The average Bonchev–Trinajstić information content (AvgIpc) is 2.85. The van der Waals surface area contributed by atoms with E-state index in [1.165, 1.54) is 17.0 Å². The van der Waals surface area contributed by atoms with Gasteiger partial charge in [-0.05, 0) is 18.6 Å². The van der Waals surface area contributed by atoms with Crippen molar-refractivity contribution in [2.45, 2.75) is 17.4 Å².